The summed E-state index contributed by atoms with van der Waals surface area (Å²) in [6, 6.07) is 12.3. The van der Waals surface area contributed by atoms with Crippen molar-refractivity contribution in [1.82, 2.24) is 10.2 Å². The van der Waals surface area contributed by atoms with Crippen LogP contribution in [0.5, 0.6) is 17.2 Å². The number of nitrogens with one attached hydrogen (secondary N) is 1. The third-order valence-corrected chi connectivity index (χ3v) is 7.92. The van der Waals surface area contributed by atoms with Gasteiger partial charge in [-0.3, -0.25) is 9.59 Å². The first kappa shape index (κ1) is 29.2. The van der Waals surface area contributed by atoms with E-state index < -0.39 is 18.2 Å². The van der Waals surface area contributed by atoms with Gasteiger partial charge >= 0.3 is 0 Å². The fourth-order valence-electron chi connectivity index (χ4n) is 4.79. The summed E-state index contributed by atoms with van der Waals surface area (Å²) in [5.74, 6) is 1.46. The van der Waals surface area contributed by atoms with E-state index >= 15 is 0 Å². The van der Waals surface area contributed by atoms with E-state index in [1.54, 1.807) is 31.3 Å². The number of halogens is 1. The molecule has 10 heteroatoms. The van der Waals surface area contributed by atoms with Gasteiger partial charge in [0.2, 0.25) is 11.8 Å². The van der Waals surface area contributed by atoms with Gasteiger partial charge in [-0.1, -0.05) is 12.1 Å². The van der Waals surface area contributed by atoms with Crippen molar-refractivity contribution in [2.24, 2.45) is 5.92 Å². The minimum atomic E-state index is -1.06. The Morgan fingerprint density at radius 2 is 1.87 bits per heavy atom. The number of carbonyl (C=O) groups is 2. The number of hydrogen-bond acceptors (Lipinski definition) is 7. The molecule has 3 atom stereocenters. The molecule has 39 heavy (non-hydrogen) atoms. The molecule has 2 aliphatic rings. The van der Waals surface area contributed by atoms with Crippen molar-refractivity contribution in [1.29, 1.82) is 0 Å². The van der Waals surface area contributed by atoms with Crippen LogP contribution in [0.25, 0.3) is 0 Å². The second kappa shape index (κ2) is 13.5. The number of para-hydroxylation sites is 1. The summed E-state index contributed by atoms with van der Waals surface area (Å²) in [6.07, 6.45) is 1.96. The van der Waals surface area contributed by atoms with Gasteiger partial charge < -0.3 is 34.6 Å². The number of aliphatic hydroxyl groups excluding tert-OH is 2. The standard InChI is InChI=1S/C29H35IN2O7/c1-37-21-9-10-24(38-2)19(15-21)11-13-32(29(36)18-7-8-18)23-16-20(28(35)31-12-14-33)17-26(27(23)34)39-25-6-4-3-5-22(25)30/h3-6,9-10,15,17-18,23,26-27,33-34H,7-8,11-14,16H2,1-2H3,(H,31,35). The summed E-state index contributed by atoms with van der Waals surface area (Å²) in [6.45, 7) is 0.232. The van der Waals surface area contributed by atoms with Gasteiger partial charge in [-0.05, 0) is 83.8 Å². The number of aliphatic hydroxyl groups is 2. The van der Waals surface area contributed by atoms with Gasteiger partial charge in [-0.15, -0.1) is 0 Å². The Labute approximate surface area is 242 Å². The first-order valence-corrected chi connectivity index (χ1v) is 14.1. The third kappa shape index (κ3) is 7.23. The highest BCUT2D eigenvalue weighted by Crippen LogP contribution is 2.36. The van der Waals surface area contributed by atoms with Crippen LogP contribution in [0, 0.1) is 9.49 Å². The zero-order chi connectivity index (χ0) is 27.9. The van der Waals surface area contributed by atoms with Crippen molar-refractivity contribution in [3.63, 3.8) is 0 Å². The van der Waals surface area contributed by atoms with Crippen LogP contribution in [0.3, 0.4) is 0 Å². The molecule has 2 aliphatic carbocycles. The highest BCUT2D eigenvalue weighted by molar-refractivity contribution is 14.1. The van der Waals surface area contributed by atoms with Crippen molar-refractivity contribution in [3.05, 3.63) is 63.2 Å². The van der Waals surface area contributed by atoms with E-state index in [1.165, 1.54) is 0 Å². The summed E-state index contributed by atoms with van der Waals surface area (Å²) in [7, 11) is 3.19. The van der Waals surface area contributed by atoms with Gasteiger partial charge in [0.25, 0.3) is 0 Å². The van der Waals surface area contributed by atoms with Crippen LogP contribution in [0.1, 0.15) is 24.8 Å². The maximum absolute atomic E-state index is 13.6. The quantitative estimate of drug-likeness (QED) is 0.303. The predicted octanol–water partition coefficient (Wildman–Crippen LogP) is 2.71. The molecule has 3 unspecified atom stereocenters. The number of ether oxygens (including phenoxy) is 3. The molecule has 0 aromatic heterocycles. The molecule has 1 saturated carbocycles. The Morgan fingerprint density at radius 1 is 1.10 bits per heavy atom. The largest absolute Gasteiger partial charge is 0.497 e. The van der Waals surface area contributed by atoms with Gasteiger partial charge in [0.15, 0.2) is 0 Å². The zero-order valence-electron chi connectivity index (χ0n) is 22.1. The molecule has 9 nitrogen and oxygen atoms in total. The molecular formula is C29H35IN2O7. The number of benzene rings is 2. The maximum atomic E-state index is 13.6. The minimum absolute atomic E-state index is 0.0361. The summed E-state index contributed by atoms with van der Waals surface area (Å²) < 4.78 is 18.0. The Balaban J connectivity index is 1.64. The normalized spacial score (nSPS) is 20.5. The van der Waals surface area contributed by atoms with E-state index in [-0.39, 0.29) is 37.3 Å². The number of rotatable bonds is 12. The fourth-order valence-corrected chi connectivity index (χ4v) is 5.30. The lowest BCUT2D eigenvalue weighted by atomic mass is 9.87. The molecule has 0 aliphatic heterocycles. The lowest BCUT2D eigenvalue weighted by molar-refractivity contribution is -0.139. The smallest absolute Gasteiger partial charge is 0.247 e. The fraction of sp³-hybridized carbons (Fsp3) is 0.448. The average Bonchev–Trinajstić information content (AvgIpc) is 3.80. The Hall–Kier alpha value is -2.83. The Kier molecular flexibility index (Phi) is 10.1. The van der Waals surface area contributed by atoms with E-state index in [0.717, 1.165) is 22.0 Å². The van der Waals surface area contributed by atoms with Gasteiger partial charge in [0.1, 0.15) is 29.5 Å². The maximum Gasteiger partial charge on any atom is 0.247 e. The summed E-state index contributed by atoms with van der Waals surface area (Å²) in [5.41, 5.74) is 1.28. The van der Waals surface area contributed by atoms with E-state index in [0.29, 0.717) is 35.8 Å². The summed E-state index contributed by atoms with van der Waals surface area (Å²) in [4.78, 5) is 28.3. The van der Waals surface area contributed by atoms with Crippen LogP contribution in [0.4, 0.5) is 0 Å². The molecule has 0 bridgehead atoms. The predicted molar refractivity (Wildman–Crippen MR) is 154 cm³/mol. The monoisotopic (exact) mass is 650 g/mol. The molecule has 1 fully saturated rings. The van der Waals surface area contributed by atoms with Crippen LogP contribution in [0.2, 0.25) is 0 Å². The van der Waals surface area contributed by atoms with Crippen LogP contribution in [-0.2, 0) is 16.0 Å². The lowest BCUT2D eigenvalue weighted by Crippen LogP contribution is -2.56. The first-order valence-electron chi connectivity index (χ1n) is 13.1. The van der Waals surface area contributed by atoms with Crippen LogP contribution < -0.4 is 19.5 Å². The molecule has 4 rings (SSSR count). The molecule has 0 saturated heterocycles. The Morgan fingerprint density at radius 3 is 2.54 bits per heavy atom. The number of nitrogens with zero attached hydrogens (tertiary/aromatic N) is 1. The van der Waals surface area contributed by atoms with Crippen LogP contribution in [0.15, 0.2) is 54.1 Å². The topological polar surface area (TPSA) is 118 Å². The number of hydrogen-bond donors (Lipinski definition) is 3. The number of carbonyl (C=O) groups excluding carboxylic acids is 2. The summed E-state index contributed by atoms with van der Waals surface area (Å²) >= 11 is 2.16. The molecule has 2 amide bonds. The number of methoxy groups -OCH3 is 2. The van der Waals surface area contributed by atoms with Gasteiger partial charge in [-0.2, -0.15) is 0 Å². The van der Waals surface area contributed by atoms with Crippen LogP contribution in [-0.4, -0.2) is 79.1 Å². The number of amides is 2. The molecule has 0 radical (unpaired) electrons. The van der Waals surface area contributed by atoms with E-state index in [1.807, 2.05) is 36.4 Å². The van der Waals surface area contributed by atoms with Gasteiger partial charge in [0, 0.05) is 31.0 Å². The van der Waals surface area contributed by atoms with Crippen molar-refractivity contribution in [2.75, 3.05) is 33.9 Å². The second-order valence-electron chi connectivity index (χ2n) is 9.68. The molecular weight excluding hydrogens is 615 g/mol. The van der Waals surface area contributed by atoms with Crippen molar-refractivity contribution in [3.8, 4) is 17.2 Å². The molecule has 210 valence electrons. The van der Waals surface area contributed by atoms with Crippen molar-refractivity contribution >= 4 is 34.4 Å². The first-order chi connectivity index (χ1) is 18.9. The van der Waals surface area contributed by atoms with Gasteiger partial charge in [0.05, 0.1) is 30.4 Å². The molecule has 2 aromatic rings. The van der Waals surface area contributed by atoms with E-state index in [9.17, 15) is 19.8 Å². The molecule has 3 N–H and O–H groups in total. The lowest BCUT2D eigenvalue weighted by Gasteiger charge is -2.41. The van der Waals surface area contributed by atoms with Crippen LogP contribution >= 0.6 is 22.6 Å². The van der Waals surface area contributed by atoms with E-state index in [2.05, 4.69) is 27.9 Å². The van der Waals surface area contributed by atoms with E-state index in [4.69, 9.17) is 14.2 Å². The minimum Gasteiger partial charge on any atom is -0.497 e. The zero-order valence-corrected chi connectivity index (χ0v) is 24.3. The molecule has 0 spiro atoms. The van der Waals surface area contributed by atoms with Gasteiger partial charge in [-0.25, -0.2) is 0 Å². The highest BCUT2D eigenvalue weighted by atomic mass is 127. The third-order valence-electron chi connectivity index (χ3n) is 7.03. The molecule has 0 heterocycles. The summed E-state index contributed by atoms with van der Waals surface area (Å²) in [5, 5.41) is 23.5. The molecule has 2 aromatic carbocycles. The van der Waals surface area contributed by atoms with Crippen molar-refractivity contribution < 1.29 is 34.0 Å². The second-order valence-corrected chi connectivity index (χ2v) is 10.8. The van der Waals surface area contributed by atoms with Crippen molar-refractivity contribution in [2.45, 2.75) is 43.9 Å². The average molecular weight is 651 g/mol. The highest BCUT2D eigenvalue weighted by Gasteiger charge is 2.43. The Bertz CT molecular complexity index is 1200. The SMILES string of the molecule is COc1ccc(OC)c(CCN(C(=O)C2CC2)C2CC(C(=O)NCCO)=CC(Oc3ccccc3I)C2O)c1.